The summed E-state index contributed by atoms with van der Waals surface area (Å²) in [6.45, 7) is 4.11. The molecule has 2 N–H and O–H groups in total. The normalized spacial score (nSPS) is 16.4. The minimum absolute atomic E-state index is 0.196. The van der Waals surface area contributed by atoms with Gasteiger partial charge in [-0.3, -0.25) is 9.69 Å². The molecule has 0 aliphatic carbocycles. The van der Waals surface area contributed by atoms with Crippen LogP contribution in [0, 0.1) is 0 Å². The molecule has 8 heteroatoms. The highest BCUT2D eigenvalue weighted by atomic mass is 19.4. The van der Waals surface area contributed by atoms with Crippen molar-refractivity contribution in [2.75, 3.05) is 39.3 Å². The van der Waals surface area contributed by atoms with Crippen LogP contribution >= 0.6 is 0 Å². The van der Waals surface area contributed by atoms with Crippen LogP contribution in [-0.4, -0.2) is 61.3 Å². The minimum Gasteiger partial charge on any atom is -0.406 e. The quantitative estimate of drug-likeness (QED) is 0.892. The largest absolute Gasteiger partial charge is 0.573 e. The lowest BCUT2D eigenvalue weighted by Gasteiger charge is -2.34. The van der Waals surface area contributed by atoms with Crippen molar-refractivity contribution in [3.8, 4) is 5.75 Å². The van der Waals surface area contributed by atoms with Crippen molar-refractivity contribution in [1.29, 1.82) is 0 Å². The van der Waals surface area contributed by atoms with E-state index in [1.807, 2.05) is 0 Å². The molecule has 0 atom stereocenters. The topological polar surface area (TPSA) is 58.8 Å². The van der Waals surface area contributed by atoms with E-state index in [0.717, 1.165) is 32.1 Å². The zero-order valence-electron chi connectivity index (χ0n) is 12.7. The van der Waals surface area contributed by atoms with Crippen LogP contribution < -0.4 is 10.5 Å². The summed E-state index contributed by atoms with van der Waals surface area (Å²) in [6.07, 6.45) is -3.86. The van der Waals surface area contributed by atoms with Crippen molar-refractivity contribution in [2.45, 2.75) is 12.8 Å². The molecule has 0 aromatic heterocycles. The van der Waals surface area contributed by atoms with Crippen LogP contribution in [0.1, 0.15) is 16.8 Å². The number of piperazine rings is 1. The van der Waals surface area contributed by atoms with E-state index in [1.165, 1.54) is 18.2 Å². The Labute approximate surface area is 132 Å². The van der Waals surface area contributed by atoms with Gasteiger partial charge in [0.1, 0.15) is 5.75 Å². The second-order valence-electron chi connectivity index (χ2n) is 5.35. The first-order chi connectivity index (χ1) is 10.9. The highest BCUT2D eigenvalue weighted by Gasteiger charge is 2.31. The van der Waals surface area contributed by atoms with E-state index in [2.05, 4.69) is 9.64 Å². The summed E-state index contributed by atoms with van der Waals surface area (Å²) < 4.78 is 40.6. The predicted octanol–water partition coefficient (Wildman–Crippen LogP) is 1.69. The number of nitrogens with zero attached hydrogens (tertiary/aromatic N) is 2. The Morgan fingerprint density at radius 1 is 1.22 bits per heavy atom. The van der Waals surface area contributed by atoms with Gasteiger partial charge in [0, 0.05) is 31.7 Å². The molecule has 1 fully saturated rings. The molecule has 0 spiro atoms. The van der Waals surface area contributed by atoms with Gasteiger partial charge < -0.3 is 15.4 Å². The van der Waals surface area contributed by atoms with Crippen LogP contribution in [0.5, 0.6) is 5.75 Å². The molecule has 23 heavy (non-hydrogen) atoms. The molecular formula is C15H20F3N3O2. The van der Waals surface area contributed by atoms with E-state index in [0.29, 0.717) is 19.6 Å². The van der Waals surface area contributed by atoms with Crippen molar-refractivity contribution in [1.82, 2.24) is 9.80 Å². The molecule has 1 heterocycles. The lowest BCUT2D eigenvalue weighted by Crippen LogP contribution is -2.49. The smallest absolute Gasteiger partial charge is 0.406 e. The third kappa shape index (κ3) is 5.40. The maximum atomic E-state index is 12.4. The summed E-state index contributed by atoms with van der Waals surface area (Å²) in [7, 11) is 0. The lowest BCUT2D eigenvalue weighted by molar-refractivity contribution is -0.274. The number of rotatable bonds is 5. The summed E-state index contributed by atoms with van der Waals surface area (Å²) in [5.41, 5.74) is 5.67. The van der Waals surface area contributed by atoms with Crippen molar-refractivity contribution in [2.24, 2.45) is 5.73 Å². The standard InChI is InChI=1S/C15H20F3N3O2/c16-15(17,18)23-13-4-1-3-12(11-13)14(22)21-9-7-20(8-10-21)6-2-5-19/h1,3-4,11H,2,5-10,19H2. The fourth-order valence-corrected chi connectivity index (χ4v) is 2.50. The highest BCUT2D eigenvalue weighted by Crippen LogP contribution is 2.24. The molecule has 0 saturated carbocycles. The Balaban J connectivity index is 1.95. The molecule has 0 radical (unpaired) electrons. The molecular weight excluding hydrogens is 311 g/mol. The summed E-state index contributed by atoms with van der Waals surface area (Å²) >= 11 is 0. The van der Waals surface area contributed by atoms with Crippen molar-refractivity contribution in [3.63, 3.8) is 0 Å². The van der Waals surface area contributed by atoms with Gasteiger partial charge >= 0.3 is 6.36 Å². The first-order valence-corrected chi connectivity index (χ1v) is 7.46. The summed E-state index contributed by atoms with van der Waals surface area (Å²) in [4.78, 5) is 16.3. The fourth-order valence-electron chi connectivity index (χ4n) is 2.50. The van der Waals surface area contributed by atoms with Crippen molar-refractivity contribution < 1.29 is 22.7 Å². The van der Waals surface area contributed by atoms with Gasteiger partial charge in [0.15, 0.2) is 0 Å². The molecule has 1 saturated heterocycles. The number of carbonyl (C=O) groups excluding carboxylic acids is 1. The summed E-state index contributed by atoms with van der Waals surface area (Å²) in [5, 5.41) is 0. The number of hydrogen-bond donors (Lipinski definition) is 1. The number of ether oxygens (including phenoxy) is 1. The average molecular weight is 331 g/mol. The SMILES string of the molecule is NCCCN1CCN(C(=O)c2cccc(OC(F)(F)F)c2)CC1. The first-order valence-electron chi connectivity index (χ1n) is 7.46. The first kappa shape index (κ1) is 17.6. The van der Waals surface area contributed by atoms with E-state index in [1.54, 1.807) is 4.90 Å². The minimum atomic E-state index is -4.77. The maximum absolute atomic E-state index is 12.4. The summed E-state index contributed by atoms with van der Waals surface area (Å²) in [6, 6.07) is 5.17. The molecule has 5 nitrogen and oxygen atoms in total. The van der Waals surface area contributed by atoms with Crippen LogP contribution in [0.3, 0.4) is 0 Å². The van der Waals surface area contributed by atoms with Crippen LogP contribution in [0.4, 0.5) is 13.2 Å². The van der Waals surface area contributed by atoms with Gasteiger partial charge in [0.05, 0.1) is 0 Å². The summed E-state index contributed by atoms with van der Waals surface area (Å²) in [5.74, 6) is -0.666. The van der Waals surface area contributed by atoms with Crippen molar-refractivity contribution in [3.05, 3.63) is 29.8 Å². The Morgan fingerprint density at radius 3 is 2.52 bits per heavy atom. The molecule has 1 aliphatic heterocycles. The Bertz CT molecular complexity index is 529. The molecule has 0 unspecified atom stereocenters. The van der Waals surface area contributed by atoms with Gasteiger partial charge in [-0.15, -0.1) is 13.2 Å². The van der Waals surface area contributed by atoms with E-state index >= 15 is 0 Å². The third-order valence-corrected chi connectivity index (χ3v) is 3.65. The molecule has 128 valence electrons. The van der Waals surface area contributed by atoms with E-state index in [4.69, 9.17) is 5.73 Å². The molecule has 0 bridgehead atoms. The zero-order chi connectivity index (χ0) is 16.9. The van der Waals surface area contributed by atoms with Crippen LogP contribution in [0.15, 0.2) is 24.3 Å². The number of halogens is 3. The monoisotopic (exact) mass is 331 g/mol. The van der Waals surface area contributed by atoms with Crippen LogP contribution in [-0.2, 0) is 0 Å². The maximum Gasteiger partial charge on any atom is 0.573 e. The molecule has 1 amide bonds. The second kappa shape index (κ2) is 7.65. The highest BCUT2D eigenvalue weighted by molar-refractivity contribution is 5.94. The van der Waals surface area contributed by atoms with Gasteiger partial charge in [-0.2, -0.15) is 0 Å². The van der Waals surface area contributed by atoms with Gasteiger partial charge in [-0.1, -0.05) is 6.07 Å². The Hall–Kier alpha value is -1.80. The van der Waals surface area contributed by atoms with E-state index in [9.17, 15) is 18.0 Å². The van der Waals surface area contributed by atoms with E-state index in [-0.39, 0.29) is 17.2 Å². The molecule has 1 aromatic carbocycles. The second-order valence-corrected chi connectivity index (χ2v) is 5.35. The third-order valence-electron chi connectivity index (χ3n) is 3.65. The number of carbonyl (C=O) groups is 1. The van der Waals surface area contributed by atoms with Crippen molar-refractivity contribution >= 4 is 5.91 Å². The number of benzene rings is 1. The lowest BCUT2D eigenvalue weighted by atomic mass is 10.1. The van der Waals surface area contributed by atoms with E-state index < -0.39 is 6.36 Å². The predicted molar refractivity (Wildman–Crippen MR) is 79.1 cm³/mol. The average Bonchev–Trinajstić information content (AvgIpc) is 2.51. The van der Waals surface area contributed by atoms with Gasteiger partial charge in [0.2, 0.25) is 0 Å². The number of hydrogen-bond acceptors (Lipinski definition) is 4. The molecule has 2 rings (SSSR count). The zero-order valence-corrected chi connectivity index (χ0v) is 12.7. The number of amides is 1. The van der Waals surface area contributed by atoms with Crippen LogP contribution in [0.2, 0.25) is 0 Å². The number of alkyl halides is 3. The Morgan fingerprint density at radius 2 is 1.91 bits per heavy atom. The fraction of sp³-hybridized carbons (Fsp3) is 0.533. The van der Waals surface area contributed by atoms with Crippen LogP contribution in [0.25, 0.3) is 0 Å². The Kier molecular flexibility index (Phi) is 5.84. The molecule has 1 aliphatic rings. The van der Waals surface area contributed by atoms with Gasteiger partial charge in [-0.05, 0) is 37.7 Å². The van der Waals surface area contributed by atoms with Gasteiger partial charge in [0.25, 0.3) is 5.91 Å². The van der Waals surface area contributed by atoms with Gasteiger partial charge in [-0.25, -0.2) is 0 Å². The number of nitrogens with two attached hydrogens (primary N) is 1. The molecule has 1 aromatic rings.